The third kappa shape index (κ3) is 4.69. The van der Waals surface area contributed by atoms with E-state index in [4.69, 9.17) is 14.2 Å². The van der Waals surface area contributed by atoms with Crippen LogP contribution in [-0.4, -0.2) is 39.2 Å². The zero-order chi connectivity index (χ0) is 20.0. The molecule has 0 bridgehead atoms. The molecule has 148 valence electrons. The number of esters is 1. The third-order valence-electron chi connectivity index (χ3n) is 4.87. The van der Waals surface area contributed by atoms with Gasteiger partial charge in [-0.3, -0.25) is 4.79 Å². The summed E-state index contributed by atoms with van der Waals surface area (Å²) in [4.78, 5) is 36.3. The molecule has 8 nitrogen and oxygen atoms in total. The molecule has 0 unspecified atom stereocenters. The van der Waals surface area contributed by atoms with Gasteiger partial charge in [0, 0.05) is 17.8 Å². The monoisotopic (exact) mass is 378 g/mol. The fourth-order valence-electron chi connectivity index (χ4n) is 3.40. The molecule has 1 amide bonds. The molecule has 1 fully saturated rings. The van der Waals surface area contributed by atoms with Crippen molar-refractivity contribution in [3.63, 3.8) is 0 Å². The summed E-state index contributed by atoms with van der Waals surface area (Å²) in [6.07, 6.45) is 2.31. The van der Waals surface area contributed by atoms with Crippen molar-refractivity contribution in [2.75, 3.05) is 21.3 Å². The van der Waals surface area contributed by atoms with Crippen molar-refractivity contribution >= 4 is 17.8 Å². The van der Waals surface area contributed by atoms with E-state index in [1.807, 2.05) is 0 Å². The van der Waals surface area contributed by atoms with Crippen molar-refractivity contribution in [1.82, 2.24) is 5.32 Å². The van der Waals surface area contributed by atoms with Crippen LogP contribution in [0.5, 0.6) is 11.5 Å². The van der Waals surface area contributed by atoms with Gasteiger partial charge in [-0.05, 0) is 30.5 Å². The van der Waals surface area contributed by atoms with E-state index in [1.54, 1.807) is 18.2 Å². The summed E-state index contributed by atoms with van der Waals surface area (Å²) in [5.74, 6) is -3.15. The summed E-state index contributed by atoms with van der Waals surface area (Å²) in [6.45, 7) is 0. The van der Waals surface area contributed by atoms with E-state index in [2.05, 4.69) is 5.32 Å². The fourth-order valence-corrected chi connectivity index (χ4v) is 3.40. The lowest BCUT2D eigenvalue weighted by Crippen LogP contribution is -2.46. The standard InChI is InChI=1S/C19H25NO7/c1-25-14-9-8-11(10-15(14)26-2)16(19(24)27-3)20-17(21)12-6-4-5-7-13(12)18(22)23/h8-10,12-13,16H,4-7H2,1-3H3,(H,20,21)(H,22,23)/p-1/t12-,13-,16+/m0/s1. The molecule has 1 N–H and O–H groups in total. The SMILES string of the molecule is COC(=O)[C@H](NC(=O)[C@H]1CCCC[C@@H]1C(=O)[O-])c1ccc(OC)c(OC)c1. The van der Waals surface area contributed by atoms with Crippen LogP contribution in [0.4, 0.5) is 0 Å². The number of carboxylic acid groups (broad SMARTS) is 1. The number of methoxy groups -OCH3 is 3. The number of carboxylic acids is 1. The molecule has 0 aliphatic heterocycles. The molecule has 1 aliphatic carbocycles. The summed E-state index contributed by atoms with van der Waals surface area (Å²) in [5, 5.41) is 14.0. The molecule has 0 aromatic heterocycles. The number of hydrogen-bond donors (Lipinski definition) is 1. The first-order valence-corrected chi connectivity index (χ1v) is 8.73. The Hall–Kier alpha value is -2.77. The van der Waals surface area contributed by atoms with Gasteiger partial charge in [-0.25, -0.2) is 4.79 Å². The number of benzene rings is 1. The minimum atomic E-state index is -1.24. The molecular weight excluding hydrogens is 354 g/mol. The summed E-state index contributed by atoms with van der Waals surface area (Å²) in [5.41, 5.74) is 0.439. The Morgan fingerprint density at radius 2 is 1.67 bits per heavy atom. The molecule has 0 radical (unpaired) electrons. The van der Waals surface area contributed by atoms with E-state index < -0.39 is 35.7 Å². The second-order valence-electron chi connectivity index (χ2n) is 6.40. The summed E-state index contributed by atoms with van der Waals surface area (Å²) in [6, 6.07) is 3.70. The Bertz CT molecular complexity index is 703. The van der Waals surface area contributed by atoms with Crippen molar-refractivity contribution in [2.24, 2.45) is 11.8 Å². The van der Waals surface area contributed by atoms with E-state index in [0.717, 1.165) is 12.8 Å². The van der Waals surface area contributed by atoms with E-state index in [9.17, 15) is 19.5 Å². The number of nitrogens with one attached hydrogen (secondary N) is 1. The van der Waals surface area contributed by atoms with Gasteiger partial charge in [-0.1, -0.05) is 18.9 Å². The average Bonchev–Trinajstić information content (AvgIpc) is 2.70. The van der Waals surface area contributed by atoms with Crippen molar-refractivity contribution in [3.8, 4) is 11.5 Å². The fraction of sp³-hybridized carbons (Fsp3) is 0.526. The Morgan fingerprint density at radius 3 is 2.22 bits per heavy atom. The number of rotatable bonds is 7. The molecule has 27 heavy (non-hydrogen) atoms. The van der Waals surface area contributed by atoms with Gasteiger partial charge in [0.1, 0.15) is 0 Å². The number of ether oxygens (including phenoxy) is 3. The molecule has 1 aromatic carbocycles. The number of hydrogen-bond acceptors (Lipinski definition) is 7. The first-order valence-electron chi connectivity index (χ1n) is 8.73. The lowest BCUT2D eigenvalue weighted by Gasteiger charge is -2.32. The van der Waals surface area contributed by atoms with Crippen LogP contribution in [0.1, 0.15) is 37.3 Å². The van der Waals surface area contributed by atoms with E-state index in [1.165, 1.54) is 21.3 Å². The van der Waals surface area contributed by atoms with Gasteiger partial charge >= 0.3 is 5.97 Å². The highest BCUT2D eigenvalue weighted by Gasteiger charge is 2.34. The normalized spacial score (nSPS) is 20.3. The van der Waals surface area contributed by atoms with Crippen LogP contribution in [0.3, 0.4) is 0 Å². The Kier molecular flexibility index (Phi) is 7.04. The molecule has 3 atom stereocenters. The van der Waals surface area contributed by atoms with Gasteiger partial charge in [0.05, 0.1) is 21.3 Å². The third-order valence-corrected chi connectivity index (χ3v) is 4.87. The maximum atomic E-state index is 12.7. The van der Waals surface area contributed by atoms with Crippen LogP contribution in [0.2, 0.25) is 0 Å². The van der Waals surface area contributed by atoms with Crippen LogP contribution in [0, 0.1) is 11.8 Å². The molecule has 0 spiro atoms. The minimum Gasteiger partial charge on any atom is -0.550 e. The van der Waals surface area contributed by atoms with Crippen LogP contribution in [-0.2, 0) is 19.1 Å². The van der Waals surface area contributed by atoms with Gasteiger partial charge in [0.2, 0.25) is 5.91 Å². The second kappa shape index (κ2) is 9.25. The first-order chi connectivity index (χ1) is 12.9. The highest BCUT2D eigenvalue weighted by Crippen LogP contribution is 2.33. The highest BCUT2D eigenvalue weighted by molar-refractivity contribution is 5.89. The molecule has 1 aliphatic rings. The second-order valence-corrected chi connectivity index (χ2v) is 6.40. The van der Waals surface area contributed by atoms with Crippen LogP contribution in [0.25, 0.3) is 0 Å². The van der Waals surface area contributed by atoms with Crippen LogP contribution in [0.15, 0.2) is 18.2 Å². The maximum Gasteiger partial charge on any atom is 0.333 e. The van der Waals surface area contributed by atoms with Crippen molar-refractivity contribution < 1.29 is 33.7 Å². The lowest BCUT2D eigenvalue weighted by atomic mass is 9.78. The molecule has 1 saturated carbocycles. The minimum absolute atomic E-state index is 0.389. The molecular formula is C19H24NO7-. The van der Waals surface area contributed by atoms with Crippen molar-refractivity contribution in [3.05, 3.63) is 23.8 Å². The van der Waals surface area contributed by atoms with Gasteiger partial charge < -0.3 is 29.4 Å². The largest absolute Gasteiger partial charge is 0.550 e. The Morgan fingerprint density at radius 1 is 1.04 bits per heavy atom. The van der Waals surface area contributed by atoms with Gasteiger partial charge in [-0.15, -0.1) is 0 Å². The van der Waals surface area contributed by atoms with Gasteiger partial charge in [0.15, 0.2) is 17.5 Å². The van der Waals surface area contributed by atoms with Crippen LogP contribution >= 0.6 is 0 Å². The molecule has 0 heterocycles. The molecule has 0 saturated heterocycles. The first kappa shape index (κ1) is 20.5. The zero-order valence-electron chi connectivity index (χ0n) is 15.7. The summed E-state index contributed by atoms with van der Waals surface area (Å²) in [7, 11) is 4.16. The van der Waals surface area contributed by atoms with Crippen molar-refractivity contribution in [1.29, 1.82) is 0 Å². The van der Waals surface area contributed by atoms with Gasteiger partial charge in [0.25, 0.3) is 0 Å². The smallest absolute Gasteiger partial charge is 0.333 e. The number of amides is 1. The summed E-state index contributed by atoms with van der Waals surface area (Å²) >= 11 is 0. The van der Waals surface area contributed by atoms with Crippen molar-refractivity contribution in [2.45, 2.75) is 31.7 Å². The van der Waals surface area contributed by atoms with E-state index >= 15 is 0 Å². The molecule has 1 aromatic rings. The maximum absolute atomic E-state index is 12.7. The zero-order valence-corrected chi connectivity index (χ0v) is 15.7. The Balaban J connectivity index is 2.28. The Labute approximate surface area is 157 Å². The molecule has 2 rings (SSSR count). The summed E-state index contributed by atoms with van der Waals surface area (Å²) < 4.78 is 15.2. The predicted octanol–water partition coefficient (Wildman–Crippen LogP) is 0.590. The quantitative estimate of drug-likeness (QED) is 0.691. The van der Waals surface area contributed by atoms with Crippen LogP contribution < -0.4 is 19.9 Å². The number of carbonyl (C=O) groups excluding carboxylic acids is 3. The lowest BCUT2D eigenvalue weighted by molar-refractivity contribution is -0.314. The van der Waals surface area contributed by atoms with E-state index in [-0.39, 0.29) is 0 Å². The predicted molar refractivity (Wildman–Crippen MR) is 92.9 cm³/mol. The van der Waals surface area contributed by atoms with E-state index in [0.29, 0.717) is 29.9 Å². The topological polar surface area (TPSA) is 114 Å². The highest BCUT2D eigenvalue weighted by atomic mass is 16.5. The van der Waals surface area contributed by atoms with Gasteiger partial charge in [-0.2, -0.15) is 0 Å². The average molecular weight is 378 g/mol. The number of aliphatic carboxylic acids is 1. The number of carbonyl (C=O) groups is 3. The molecule has 8 heteroatoms.